The minimum absolute atomic E-state index is 0.0770. The first-order chi connectivity index (χ1) is 17.3. The highest BCUT2D eigenvalue weighted by molar-refractivity contribution is 6.02. The molecule has 9 heteroatoms. The van der Waals surface area contributed by atoms with Crippen molar-refractivity contribution < 1.29 is 24.2 Å². The lowest BCUT2D eigenvalue weighted by atomic mass is 9.96. The summed E-state index contributed by atoms with van der Waals surface area (Å²) in [5, 5.41) is 12.1. The number of likely N-dealkylation sites (N-methyl/N-ethyl adjacent to an activating group) is 1. The lowest BCUT2D eigenvalue weighted by molar-refractivity contribution is -0.120. The van der Waals surface area contributed by atoms with Gasteiger partial charge in [0.2, 0.25) is 0 Å². The molecule has 0 spiro atoms. The number of fused-ring (bicyclic) bond motifs is 1. The normalized spacial score (nSPS) is 15.1. The molecule has 1 aliphatic rings. The summed E-state index contributed by atoms with van der Waals surface area (Å²) < 4.78 is 11.6. The van der Waals surface area contributed by atoms with Crippen LogP contribution in [-0.4, -0.2) is 53.2 Å². The van der Waals surface area contributed by atoms with E-state index in [4.69, 9.17) is 9.47 Å². The van der Waals surface area contributed by atoms with E-state index in [9.17, 15) is 14.7 Å². The summed E-state index contributed by atoms with van der Waals surface area (Å²) in [6.07, 6.45) is 1.46. The molecule has 0 saturated carbocycles. The molecule has 2 N–H and O–H groups in total. The van der Waals surface area contributed by atoms with Gasteiger partial charge in [-0.3, -0.25) is 19.5 Å². The van der Waals surface area contributed by atoms with Crippen molar-refractivity contribution >= 4 is 17.6 Å². The van der Waals surface area contributed by atoms with Gasteiger partial charge in [0, 0.05) is 24.7 Å². The summed E-state index contributed by atoms with van der Waals surface area (Å²) in [7, 11) is 1.56. The van der Waals surface area contributed by atoms with Crippen LogP contribution in [0.3, 0.4) is 0 Å². The van der Waals surface area contributed by atoms with Crippen LogP contribution in [0.1, 0.15) is 30.0 Å². The maximum atomic E-state index is 13.1. The number of nitrogens with zero attached hydrogens (tertiary/aromatic N) is 3. The molecule has 9 nitrogen and oxygen atoms in total. The zero-order valence-corrected chi connectivity index (χ0v) is 20.2. The lowest BCUT2D eigenvalue weighted by Crippen LogP contribution is -2.49. The van der Waals surface area contributed by atoms with Gasteiger partial charge in [-0.25, -0.2) is 4.98 Å². The smallest absolute Gasteiger partial charge is 0.270 e. The number of amides is 2. The predicted octanol–water partition coefficient (Wildman–Crippen LogP) is 2.79. The molecule has 2 aromatic heterocycles. The van der Waals surface area contributed by atoms with Crippen LogP contribution >= 0.6 is 0 Å². The molecule has 0 radical (unpaired) electrons. The van der Waals surface area contributed by atoms with Crippen molar-refractivity contribution in [2.75, 3.05) is 25.2 Å². The molecule has 0 aliphatic carbocycles. The summed E-state index contributed by atoms with van der Waals surface area (Å²) >= 11 is 0. The van der Waals surface area contributed by atoms with Gasteiger partial charge < -0.3 is 19.9 Å². The summed E-state index contributed by atoms with van der Waals surface area (Å²) in [5.41, 5.74) is -0.0530. The van der Waals surface area contributed by atoms with Crippen molar-refractivity contribution in [3.63, 3.8) is 0 Å². The van der Waals surface area contributed by atoms with Gasteiger partial charge >= 0.3 is 0 Å². The first-order valence-electron chi connectivity index (χ1n) is 11.3. The third-order valence-corrected chi connectivity index (χ3v) is 5.36. The Balaban J connectivity index is 1.48. The highest BCUT2D eigenvalue weighted by Crippen LogP contribution is 2.29. The first kappa shape index (κ1) is 24.7. The van der Waals surface area contributed by atoms with Gasteiger partial charge in [-0.15, -0.1) is 0 Å². The quantitative estimate of drug-likeness (QED) is 0.533. The summed E-state index contributed by atoms with van der Waals surface area (Å²) in [6.45, 7) is 3.46. The number of carbonyl (C=O) groups excluding carboxylic acids is 2. The lowest BCUT2D eigenvalue weighted by Gasteiger charge is -2.19. The Bertz CT molecular complexity index is 1330. The molecule has 1 aliphatic heterocycles. The van der Waals surface area contributed by atoms with E-state index in [1.165, 1.54) is 17.2 Å². The predicted molar refractivity (Wildman–Crippen MR) is 133 cm³/mol. The van der Waals surface area contributed by atoms with Gasteiger partial charge in [0.05, 0.1) is 6.61 Å². The zero-order chi connectivity index (χ0) is 25.7. The van der Waals surface area contributed by atoms with E-state index in [0.717, 1.165) is 0 Å². The van der Waals surface area contributed by atoms with Gasteiger partial charge in [-0.1, -0.05) is 24.1 Å². The minimum atomic E-state index is -0.958. The van der Waals surface area contributed by atoms with Gasteiger partial charge in [0.1, 0.15) is 35.5 Å². The average molecular weight is 487 g/mol. The number of aliphatic hydroxyl groups excluding tert-OH is 1. The Labute approximate surface area is 209 Å². The molecule has 1 unspecified atom stereocenters. The highest BCUT2D eigenvalue weighted by atomic mass is 16.5. The topological polar surface area (TPSA) is 114 Å². The second-order valence-corrected chi connectivity index (χ2v) is 8.84. The number of anilines is 1. The van der Waals surface area contributed by atoms with Gasteiger partial charge in [-0.05, 0) is 50.1 Å². The molecule has 184 valence electrons. The molecule has 3 aromatic rings. The second kappa shape index (κ2) is 10.5. The minimum Gasteiger partial charge on any atom is -0.487 e. The third-order valence-electron chi connectivity index (χ3n) is 5.36. The van der Waals surface area contributed by atoms with E-state index >= 15 is 0 Å². The number of para-hydroxylation sites is 1. The van der Waals surface area contributed by atoms with Crippen molar-refractivity contribution in [1.29, 1.82) is 0 Å². The average Bonchev–Trinajstić information content (AvgIpc) is 3.00. The molecule has 3 heterocycles. The van der Waals surface area contributed by atoms with Gasteiger partial charge in [0.25, 0.3) is 11.8 Å². The number of carbonyl (C=O) groups is 2. The zero-order valence-electron chi connectivity index (χ0n) is 20.2. The van der Waals surface area contributed by atoms with Crippen LogP contribution in [0.5, 0.6) is 17.2 Å². The van der Waals surface area contributed by atoms with E-state index in [1.54, 1.807) is 37.4 Å². The Kier molecular flexibility index (Phi) is 7.17. The number of hydrogen-bond acceptors (Lipinski definition) is 7. The van der Waals surface area contributed by atoms with Crippen molar-refractivity contribution in [2.45, 2.75) is 19.9 Å². The monoisotopic (exact) mass is 486 g/mol. The highest BCUT2D eigenvalue weighted by Gasteiger charge is 2.32. The number of aromatic nitrogens is 2. The molecular formula is C27H26N4O5. The Hall–Kier alpha value is -4.42. The Morgan fingerprint density at radius 3 is 2.75 bits per heavy atom. The summed E-state index contributed by atoms with van der Waals surface area (Å²) in [5.74, 6) is 6.70. The Morgan fingerprint density at radius 2 is 2.00 bits per heavy atom. The van der Waals surface area contributed by atoms with Crippen LogP contribution in [0.4, 0.5) is 5.82 Å². The third kappa shape index (κ3) is 5.79. The summed E-state index contributed by atoms with van der Waals surface area (Å²) in [6, 6.07) is 14.7. The van der Waals surface area contributed by atoms with E-state index in [0.29, 0.717) is 28.8 Å². The fourth-order valence-electron chi connectivity index (χ4n) is 3.27. The van der Waals surface area contributed by atoms with E-state index in [-0.39, 0.29) is 18.9 Å². The van der Waals surface area contributed by atoms with Crippen LogP contribution < -0.4 is 19.7 Å². The number of rotatable bonds is 5. The van der Waals surface area contributed by atoms with Crippen molar-refractivity contribution in [2.24, 2.45) is 5.41 Å². The molecule has 1 aromatic carbocycles. The van der Waals surface area contributed by atoms with Crippen molar-refractivity contribution in [3.05, 3.63) is 72.2 Å². The molecule has 0 fully saturated rings. The van der Waals surface area contributed by atoms with Crippen LogP contribution in [-0.2, 0) is 4.79 Å². The number of ether oxygens (including phenoxy) is 2. The molecule has 4 rings (SSSR count). The second-order valence-electron chi connectivity index (χ2n) is 8.84. The molecule has 36 heavy (non-hydrogen) atoms. The van der Waals surface area contributed by atoms with Crippen LogP contribution in [0.15, 0.2) is 60.8 Å². The number of pyridine rings is 2. The van der Waals surface area contributed by atoms with E-state index in [1.807, 2.05) is 32.0 Å². The molecular weight excluding hydrogens is 460 g/mol. The van der Waals surface area contributed by atoms with Crippen LogP contribution in [0, 0.1) is 17.3 Å². The molecule has 2 amide bonds. The van der Waals surface area contributed by atoms with Gasteiger partial charge in [-0.2, -0.15) is 0 Å². The van der Waals surface area contributed by atoms with Crippen molar-refractivity contribution in [3.8, 4) is 29.1 Å². The fraction of sp³-hybridized carbons (Fsp3) is 0.259. The van der Waals surface area contributed by atoms with Gasteiger partial charge in [0.15, 0.2) is 11.6 Å². The fourth-order valence-corrected chi connectivity index (χ4v) is 3.27. The molecule has 1 atom stereocenters. The number of hydrogen-bond donors (Lipinski definition) is 2. The number of benzene rings is 1. The molecule has 0 bridgehead atoms. The SMILES string of the molecule is CN1C(=O)C(NC(=O)c2cc(Oc3ccccc3)ccn2)COc2ccc(C#CC(C)(C)CO)nc21. The Morgan fingerprint density at radius 1 is 1.22 bits per heavy atom. The first-order valence-corrected chi connectivity index (χ1v) is 11.3. The number of aliphatic hydroxyl groups is 1. The number of nitrogens with one attached hydrogen (secondary N) is 1. The van der Waals surface area contributed by atoms with E-state index < -0.39 is 23.3 Å². The van der Waals surface area contributed by atoms with Crippen LogP contribution in [0.25, 0.3) is 0 Å². The van der Waals surface area contributed by atoms with Crippen LogP contribution in [0.2, 0.25) is 0 Å². The van der Waals surface area contributed by atoms with Crippen molar-refractivity contribution in [1.82, 2.24) is 15.3 Å². The maximum absolute atomic E-state index is 13.1. The largest absolute Gasteiger partial charge is 0.487 e. The summed E-state index contributed by atoms with van der Waals surface area (Å²) in [4.78, 5) is 35.9. The maximum Gasteiger partial charge on any atom is 0.270 e. The molecule has 0 saturated heterocycles. The van der Waals surface area contributed by atoms with E-state index in [2.05, 4.69) is 27.1 Å². The standard InChI is InChI=1S/C27H26N4O5/c1-27(2,17-32)13-11-18-9-10-23-24(29-18)31(3)26(34)22(16-35-23)30-25(33)21-15-20(12-14-28-21)36-19-7-5-4-6-8-19/h4-10,12,14-15,22,32H,16-17H2,1-3H3,(H,30,33).